The van der Waals surface area contributed by atoms with Crippen LogP contribution in [0.5, 0.6) is 0 Å². The van der Waals surface area contributed by atoms with Gasteiger partial charge in [0.2, 0.25) is 0 Å². The van der Waals surface area contributed by atoms with E-state index in [0.29, 0.717) is 18.7 Å². The van der Waals surface area contributed by atoms with Crippen molar-refractivity contribution < 1.29 is 18.3 Å². The van der Waals surface area contributed by atoms with E-state index in [9.17, 15) is 18.3 Å². The summed E-state index contributed by atoms with van der Waals surface area (Å²) in [4.78, 5) is 4.17. The van der Waals surface area contributed by atoms with Gasteiger partial charge >= 0.3 is 6.18 Å². The van der Waals surface area contributed by atoms with Crippen LogP contribution in [0.2, 0.25) is 0 Å². The molecule has 1 aromatic carbocycles. The average Bonchev–Trinajstić information content (AvgIpc) is 3.03. The molecule has 0 amide bonds. The highest BCUT2D eigenvalue weighted by molar-refractivity contribution is 5.58. The summed E-state index contributed by atoms with van der Waals surface area (Å²) in [5.74, 6) is 0.395. The van der Waals surface area contributed by atoms with Gasteiger partial charge in [-0.05, 0) is 43.7 Å². The Kier molecular flexibility index (Phi) is 5.69. The van der Waals surface area contributed by atoms with Crippen LogP contribution < -0.4 is 5.32 Å². The standard InChI is InChI=1S/C20H21F3N4O/c1-3-18(28)11-17-12-19(26-27(17)16-7-8-24-13(2)9-16)25-15-6-4-5-14(10-15)20(21,22)23/h4-10,12,18,28H,3,11H2,1-2H3,(H,25,26)/t18-/m1/s1. The normalized spacial score (nSPS) is 12.8. The number of nitrogens with zero attached hydrogens (tertiary/aromatic N) is 3. The lowest BCUT2D eigenvalue weighted by molar-refractivity contribution is -0.137. The molecule has 0 saturated heterocycles. The van der Waals surface area contributed by atoms with E-state index in [1.54, 1.807) is 29.1 Å². The first kappa shape index (κ1) is 19.9. The molecule has 8 heteroatoms. The van der Waals surface area contributed by atoms with Gasteiger partial charge in [0.1, 0.15) is 0 Å². The first-order valence-electron chi connectivity index (χ1n) is 8.90. The number of aliphatic hydroxyl groups excluding tert-OH is 1. The molecule has 1 atom stereocenters. The Labute approximate surface area is 160 Å². The van der Waals surface area contributed by atoms with Gasteiger partial charge in [0.15, 0.2) is 5.82 Å². The van der Waals surface area contributed by atoms with Crippen LogP contribution in [-0.4, -0.2) is 26.0 Å². The van der Waals surface area contributed by atoms with Crippen LogP contribution in [0.3, 0.4) is 0 Å². The Morgan fingerprint density at radius 2 is 1.96 bits per heavy atom. The number of aromatic nitrogens is 3. The van der Waals surface area contributed by atoms with Crippen molar-refractivity contribution in [2.24, 2.45) is 0 Å². The third-order valence-corrected chi connectivity index (χ3v) is 4.29. The number of halogens is 3. The number of hydrogen-bond donors (Lipinski definition) is 2. The number of rotatable bonds is 6. The summed E-state index contributed by atoms with van der Waals surface area (Å²) in [7, 11) is 0. The third kappa shape index (κ3) is 4.69. The van der Waals surface area contributed by atoms with Crippen LogP contribution in [0.25, 0.3) is 5.69 Å². The van der Waals surface area contributed by atoms with E-state index in [2.05, 4.69) is 15.4 Å². The molecule has 0 saturated carbocycles. The van der Waals surface area contributed by atoms with Gasteiger partial charge in [-0.25, -0.2) is 4.68 Å². The second-order valence-electron chi connectivity index (χ2n) is 6.56. The number of nitrogens with one attached hydrogen (secondary N) is 1. The Balaban J connectivity index is 1.95. The maximum atomic E-state index is 12.9. The quantitative estimate of drug-likeness (QED) is 0.643. The van der Waals surface area contributed by atoms with Crippen molar-refractivity contribution >= 4 is 11.5 Å². The average molecular weight is 390 g/mol. The summed E-state index contributed by atoms with van der Waals surface area (Å²) in [6, 6.07) is 10.3. The second kappa shape index (κ2) is 8.02. The zero-order chi connectivity index (χ0) is 20.3. The zero-order valence-electron chi connectivity index (χ0n) is 15.5. The van der Waals surface area contributed by atoms with Gasteiger partial charge in [0.05, 0.1) is 17.4 Å². The van der Waals surface area contributed by atoms with Crippen molar-refractivity contribution in [3.05, 3.63) is 65.6 Å². The number of anilines is 2. The third-order valence-electron chi connectivity index (χ3n) is 4.29. The van der Waals surface area contributed by atoms with Gasteiger partial charge in [0.25, 0.3) is 0 Å². The lowest BCUT2D eigenvalue weighted by Gasteiger charge is -2.10. The summed E-state index contributed by atoms with van der Waals surface area (Å²) in [5, 5.41) is 17.5. The highest BCUT2D eigenvalue weighted by Crippen LogP contribution is 2.31. The first-order valence-corrected chi connectivity index (χ1v) is 8.90. The SMILES string of the molecule is CC[C@@H](O)Cc1cc(Nc2cccc(C(F)(F)F)c2)nn1-c1ccnc(C)c1. The van der Waals surface area contributed by atoms with Crippen molar-refractivity contribution in [3.8, 4) is 5.69 Å². The second-order valence-corrected chi connectivity index (χ2v) is 6.56. The molecule has 2 aromatic heterocycles. The highest BCUT2D eigenvalue weighted by Gasteiger charge is 2.30. The predicted molar refractivity (Wildman–Crippen MR) is 101 cm³/mol. The van der Waals surface area contributed by atoms with Crippen LogP contribution >= 0.6 is 0 Å². The number of hydrogen-bond acceptors (Lipinski definition) is 4. The molecule has 0 bridgehead atoms. The molecule has 0 unspecified atom stereocenters. The van der Waals surface area contributed by atoms with E-state index < -0.39 is 17.8 Å². The molecule has 3 rings (SSSR count). The molecule has 0 spiro atoms. The zero-order valence-corrected chi connectivity index (χ0v) is 15.5. The number of benzene rings is 1. The monoisotopic (exact) mass is 390 g/mol. The molecular formula is C20H21F3N4O. The fraction of sp³-hybridized carbons (Fsp3) is 0.300. The molecular weight excluding hydrogens is 369 g/mol. The minimum atomic E-state index is -4.41. The fourth-order valence-corrected chi connectivity index (χ4v) is 2.82. The molecule has 2 heterocycles. The maximum absolute atomic E-state index is 12.9. The lowest BCUT2D eigenvalue weighted by Crippen LogP contribution is -2.12. The van der Waals surface area contributed by atoms with E-state index >= 15 is 0 Å². The van der Waals surface area contributed by atoms with Crippen molar-refractivity contribution in [3.63, 3.8) is 0 Å². The summed E-state index contributed by atoms with van der Waals surface area (Å²) >= 11 is 0. The summed E-state index contributed by atoms with van der Waals surface area (Å²) in [6.45, 7) is 3.74. The fourth-order valence-electron chi connectivity index (χ4n) is 2.82. The molecule has 3 aromatic rings. The lowest BCUT2D eigenvalue weighted by atomic mass is 10.1. The van der Waals surface area contributed by atoms with Crippen molar-refractivity contribution in [1.29, 1.82) is 0 Å². The van der Waals surface area contributed by atoms with Crippen LogP contribution in [0.1, 0.15) is 30.3 Å². The molecule has 0 fully saturated rings. The summed E-state index contributed by atoms with van der Waals surface area (Å²) in [5.41, 5.74) is 1.87. The summed E-state index contributed by atoms with van der Waals surface area (Å²) in [6.07, 6.45) is -2.35. The van der Waals surface area contributed by atoms with E-state index in [1.807, 2.05) is 19.9 Å². The van der Waals surface area contributed by atoms with Crippen molar-refractivity contribution in [2.45, 2.75) is 39.0 Å². The molecule has 148 valence electrons. The minimum absolute atomic E-state index is 0.285. The molecule has 0 aliphatic heterocycles. The molecule has 0 radical (unpaired) electrons. The van der Waals surface area contributed by atoms with Crippen molar-refractivity contribution in [2.75, 3.05) is 5.32 Å². The minimum Gasteiger partial charge on any atom is -0.393 e. The Morgan fingerprint density at radius 1 is 1.18 bits per heavy atom. The molecule has 28 heavy (non-hydrogen) atoms. The Hall–Kier alpha value is -2.87. The molecule has 2 N–H and O–H groups in total. The molecule has 0 aliphatic carbocycles. The number of pyridine rings is 1. The van der Waals surface area contributed by atoms with Crippen LogP contribution in [0, 0.1) is 6.92 Å². The maximum Gasteiger partial charge on any atom is 0.416 e. The van der Waals surface area contributed by atoms with Crippen LogP contribution in [0.15, 0.2) is 48.7 Å². The summed E-state index contributed by atoms with van der Waals surface area (Å²) < 4.78 is 40.5. The predicted octanol–water partition coefficient (Wildman–Crippen LogP) is 4.65. The van der Waals surface area contributed by atoms with Crippen LogP contribution in [0.4, 0.5) is 24.7 Å². The largest absolute Gasteiger partial charge is 0.416 e. The van der Waals surface area contributed by atoms with Gasteiger partial charge in [-0.1, -0.05) is 13.0 Å². The van der Waals surface area contributed by atoms with E-state index in [1.165, 1.54) is 6.07 Å². The van der Waals surface area contributed by atoms with E-state index in [-0.39, 0.29) is 5.69 Å². The van der Waals surface area contributed by atoms with Crippen LogP contribution in [-0.2, 0) is 12.6 Å². The van der Waals surface area contributed by atoms with E-state index in [0.717, 1.165) is 29.2 Å². The smallest absolute Gasteiger partial charge is 0.393 e. The van der Waals surface area contributed by atoms with Gasteiger partial charge in [-0.3, -0.25) is 4.98 Å². The molecule has 5 nitrogen and oxygen atoms in total. The van der Waals surface area contributed by atoms with Gasteiger partial charge in [-0.15, -0.1) is 5.10 Å². The first-order chi connectivity index (χ1) is 13.3. The molecule has 0 aliphatic rings. The number of aryl methyl sites for hydroxylation is 1. The number of aliphatic hydroxyl groups is 1. The van der Waals surface area contributed by atoms with Gasteiger partial charge < -0.3 is 10.4 Å². The number of alkyl halides is 3. The Morgan fingerprint density at radius 3 is 2.64 bits per heavy atom. The topological polar surface area (TPSA) is 63.0 Å². The van der Waals surface area contributed by atoms with Crippen molar-refractivity contribution in [1.82, 2.24) is 14.8 Å². The van der Waals surface area contributed by atoms with Gasteiger partial charge in [0, 0.05) is 35.8 Å². The van der Waals surface area contributed by atoms with E-state index in [4.69, 9.17) is 0 Å². The highest BCUT2D eigenvalue weighted by atomic mass is 19.4. The van der Waals surface area contributed by atoms with Gasteiger partial charge in [-0.2, -0.15) is 13.2 Å². The Bertz CT molecular complexity index is 953.